The summed E-state index contributed by atoms with van der Waals surface area (Å²) in [5, 5.41) is 0. The Morgan fingerprint density at radius 1 is 0.852 bits per heavy atom. The molecule has 3 aliphatic rings. The van der Waals surface area contributed by atoms with Gasteiger partial charge in [0, 0.05) is 12.1 Å². The van der Waals surface area contributed by atoms with E-state index in [2.05, 4.69) is 48.5 Å². The monoisotopic (exact) mass is 377 g/mol. The fourth-order valence-corrected chi connectivity index (χ4v) is 3.59. The van der Waals surface area contributed by atoms with E-state index in [1.807, 2.05) is 0 Å². The Balaban J connectivity index is 1.89. The molecule has 0 saturated carbocycles. The zero-order valence-corrected chi connectivity index (χ0v) is 17.9. The number of aliphatic imine (C=N–C) groups is 3. The Hall–Kier alpha value is -1.43. The Morgan fingerprint density at radius 3 is 1.74 bits per heavy atom. The molecule has 0 amide bonds. The highest BCUT2D eigenvalue weighted by Crippen LogP contribution is 2.36. The third-order valence-corrected chi connectivity index (χ3v) is 5.69. The predicted octanol–water partition coefficient (Wildman–Crippen LogP) is 3.74. The number of ether oxygens (including phenoxy) is 3. The van der Waals surface area contributed by atoms with Gasteiger partial charge in [-0.05, 0) is 24.7 Å². The second-order valence-electron chi connectivity index (χ2n) is 9.26. The smallest absolute Gasteiger partial charge is 0.199 e. The van der Waals surface area contributed by atoms with Crippen LogP contribution in [0.15, 0.2) is 15.0 Å². The van der Waals surface area contributed by atoms with Gasteiger partial charge in [-0.3, -0.25) is 4.99 Å². The van der Waals surface area contributed by atoms with Crippen molar-refractivity contribution in [1.29, 1.82) is 0 Å². The summed E-state index contributed by atoms with van der Waals surface area (Å²) < 4.78 is 18.0. The second kappa shape index (κ2) is 7.90. The fraction of sp³-hybridized carbons (Fsp3) is 0.857. The second-order valence-corrected chi connectivity index (χ2v) is 9.26. The normalized spacial score (nSPS) is 28.5. The molecule has 0 aliphatic carbocycles. The number of nitrogens with zero attached hydrogens (tertiary/aromatic N) is 3. The summed E-state index contributed by atoms with van der Waals surface area (Å²) in [6.45, 7) is 16.9. The summed E-state index contributed by atoms with van der Waals surface area (Å²) >= 11 is 0. The van der Waals surface area contributed by atoms with Crippen LogP contribution in [0.5, 0.6) is 0 Å². The van der Waals surface area contributed by atoms with Gasteiger partial charge in [0.25, 0.3) is 0 Å². The molecule has 0 aromatic rings. The van der Waals surface area contributed by atoms with Crippen molar-refractivity contribution in [1.82, 2.24) is 0 Å². The quantitative estimate of drug-likeness (QED) is 0.679. The highest BCUT2D eigenvalue weighted by atomic mass is 16.5. The van der Waals surface area contributed by atoms with Gasteiger partial charge in [-0.1, -0.05) is 41.5 Å². The van der Waals surface area contributed by atoms with Crippen LogP contribution in [0.4, 0.5) is 0 Å². The van der Waals surface area contributed by atoms with E-state index in [0.29, 0.717) is 44.0 Å². The number of hydrogen-bond acceptors (Lipinski definition) is 6. The van der Waals surface area contributed by atoms with Crippen LogP contribution < -0.4 is 0 Å². The average molecular weight is 378 g/mol. The maximum absolute atomic E-state index is 6.08. The van der Waals surface area contributed by atoms with E-state index in [1.54, 1.807) is 0 Å². The fourth-order valence-electron chi connectivity index (χ4n) is 3.59. The average Bonchev–Trinajstić information content (AvgIpc) is 3.34. The van der Waals surface area contributed by atoms with E-state index in [-0.39, 0.29) is 18.3 Å². The Kier molecular flexibility index (Phi) is 5.94. The van der Waals surface area contributed by atoms with Gasteiger partial charge in [-0.25, -0.2) is 9.98 Å². The maximum Gasteiger partial charge on any atom is 0.199 e. The van der Waals surface area contributed by atoms with E-state index >= 15 is 0 Å². The molecule has 0 N–H and O–H groups in total. The molecule has 0 radical (unpaired) electrons. The van der Waals surface area contributed by atoms with Crippen LogP contribution in [0.1, 0.15) is 54.9 Å². The van der Waals surface area contributed by atoms with Crippen molar-refractivity contribution in [3.05, 3.63) is 0 Å². The minimum absolute atomic E-state index is 0.0612. The zero-order chi connectivity index (χ0) is 19.8. The predicted molar refractivity (Wildman–Crippen MR) is 109 cm³/mol. The molecular weight excluding hydrogens is 342 g/mol. The highest BCUT2D eigenvalue weighted by Gasteiger charge is 2.47. The Bertz CT molecular complexity index is 603. The van der Waals surface area contributed by atoms with Gasteiger partial charge >= 0.3 is 0 Å². The summed E-state index contributed by atoms with van der Waals surface area (Å²) in [4.78, 5) is 14.6. The summed E-state index contributed by atoms with van der Waals surface area (Å²) in [6.07, 6.45) is 0.609. The lowest BCUT2D eigenvalue weighted by atomic mass is 9.83. The lowest BCUT2D eigenvalue weighted by Gasteiger charge is -2.27. The summed E-state index contributed by atoms with van der Waals surface area (Å²) in [5.41, 5.74) is 0.510. The molecule has 0 saturated heterocycles. The lowest BCUT2D eigenvalue weighted by Crippen LogP contribution is -2.39. The molecule has 0 fully saturated rings. The first-order valence-corrected chi connectivity index (χ1v) is 10.3. The molecule has 3 rings (SSSR count). The molecule has 3 heterocycles. The molecule has 6 heteroatoms. The molecule has 0 spiro atoms. The molecule has 6 nitrogen and oxygen atoms in total. The van der Waals surface area contributed by atoms with Crippen LogP contribution in [-0.4, -0.2) is 55.6 Å². The van der Waals surface area contributed by atoms with Crippen molar-refractivity contribution in [2.45, 2.75) is 73.2 Å². The van der Waals surface area contributed by atoms with E-state index in [4.69, 9.17) is 29.2 Å². The minimum atomic E-state index is -0.526. The molecule has 0 aromatic heterocycles. The summed E-state index contributed by atoms with van der Waals surface area (Å²) in [6, 6.07) is 0.375. The van der Waals surface area contributed by atoms with E-state index in [0.717, 1.165) is 17.5 Å². The van der Waals surface area contributed by atoms with Gasteiger partial charge in [-0.2, -0.15) is 0 Å². The third kappa shape index (κ3) is 4.20. The molecular formula is C21H35N3O3. The first kappa shape index (κ1) is 20.3. The molecule has 27 heavy (non-hydrogen) atoms. The van der Waals surface area contributed by atoms with E-state index < -0.39 is 5.41 Å². The molecule has 0 aromatic carbocycles. The van der Waals surface area contributed by atoms with Crippen LogP contribution in [0.2, 0.25) is 0 Å². The van der Waals surface area contributed by atoms with Crippen molar-refractivity contribution in [3.8, 4) is 0 Å². The number of rotatable bonds is 7. The first-order valence-electron chi connectivity index (χ1n) is 10.3. The molecule has 3 aliphatic heterocycles. The Labute approximate surface area is 163 Å². The van der Waals surface area contributed by atoms with Gasteiger partial charge in [0.1, 0.15) is 18.6 Å². The SMILES string of the molecule is CC(C)[C@@H]1N=C(CC(C)(C2=N[C@@H](C(C)C)CO2)C2=N[C@@H](C(C)C)CO2)CO1. The van der Waals surface area contributed by atoms with Crippen LogP contribution >= 0.6 is 0 Å². The summed E-state index contributed by atoms with van der Waals surface area (Å²) in [5.74, 6) is 2.72. The molecule has 0 bridgehead atoms. The van der Waals surface area contributed by atoms with Gasteiger partial charge in [0.15, 0.2) is 18.0 Å². The zero-order valence-electron chi connectivity index (χ0n) is 17.9. The first-order chi connectivity index (χ1) is 12.7. The van der Waals surface area contributed by atoms with E-state index in [9.17, 15) is 0 Å². The summed E-state index contributed by atoms with van der Waals surface area (Å²) in [7, 11) is 0. The third-order valence-electron chi connectivity index (χ3n) is 5.69. The van der Waals surface area contributed by atoms with Gasteiger partial charge in [-0.15, -0.1) is 0 Å². The Morgan fingerprint density at radius 2 is 1.37 bits per heavy atom. The highest BCUT2D eigenvalue weighted by molar-refractivity contribution is 6.09. The van der Waals surface area contributed by atoms with E-state index in [1.165, 1.54) is 0 Å². The van der Waals surface area contributed by atoms with Crippen LogP contribution in [0.3, 0.4) is 0 Å². The molecule has 0 unspecified atom stereocenters. The van der Waals surface area contributed by atoms with Crippen molar-refractivity contribution in [2.75, 3.05) is 19.8 Å². The van der Waals surface area contributed by atoms with Crippen molar-refractivity contribution in [2.24, 2.45) is 38.1 Å². The topological polar surface area (TPSA) is 64.8 Å². The minimum Gasteiger partial charge on any atom is -0.478 e. The molecule has 3 atom stereocenters. The standard InChI is InChI=1S/C21H35N3O3/c1-12(2)16-10-26-19(23-16)21(7,20-24-17(11-27-20)13(3)4)8-15-9-25-18(22-15)14(5)6/h12-14,16-18H,8-11H2,1-7H3/t16-,17-,18-/m1/s1. The van der Waals surface area contributed by atoms with Crippen molar-refractivity contribution in [3.63, 3.8) is 0 Å². The van der Waals surface area contributed by atoms with Crippen LogP contribution in [-0.2, 0) is 14.2 Å². The van der Waals surface area contributed by atoms with Crippen molar-refractivity contribution >= 4 is 17.5 Å². The maximum atomic E-state index is 6.08. The number of hydrogen-bond donors (Lipinski definition) is 0. The van der Waals surface area contributed by atoms with Gasteiger partial charge in [0.2, 0.25) is 0 Å². The largest absolute Gasteiger partial charge is 0.478 e. The molecule has 152 valence electrons. The lowest BCUT2D eigenvalue weighted by molar-refractivity contribution is 0.0726. The van der Waals surface area contributed by atoms with Gasteiger partial charge < -0.3 is 14.2 Å². The van der Waals surface area contributed by atoms with Crippen LogP contribution in [0.25, 0.3) is 0 Å². The van der Waals surface area contributed by atoms with Crippen LogP contribution in [0, 0.1) is 23.2 Å². The van der Waals surface area contributed by atoms with Crippen molar-refractivity contribution < 1.29 is 14.2 Å². The van der Waals surface area contributed by atoms with Gasteiger partial charge in [0.05, 0.1) is 18.7 Å².